The van der Waals surface area contributed by atoms with Gasteiger partial charge in [0.1, 0.15) is 5.75 Å². The molecule has 1 aliphatic carbocycles. The Kier molecular flexibility index (Phi) is 4.96. The normalized spacial score (nSPS) is 22.3. The second kappa shape index (κ2) is 7.55. The standard InChI is InChI=1S/C24H28N4O2S/c1-15-11-16(2)28-23(25-15)20(22(26-28)17-5-7-18(30-4)8-6-17)12-21(29)27(3)24-9-10-31-19(13-24)14-24/h5-8,11,19H,9-10,12-14H2,1-4H3. The quantitative estimate of drug-likeness (QED) is 0.604. The molecule has 2 aliphatic heterocycles. The van der Waals surface area contributed by atoms with Gasteiger partial charge >= 0.3 is 0 Å². The summed E-state index contributed by atoms with van der Waals surface area (Å²) in [5.41, 5.74) is 5.43. The highest BCUT2D eigenvalue weighted by atomic mass is 32.2. The monoisotopic (exact) mass is 436 g/mol. The maximum absolute atomic E-state index is 13.5. The first kappa shape index (κ1) is 20.4. The van der Waals surface area contributed by atoms with E-state index >= 15 is 0 Å². The van der Waals surface area contributed by atoms with Crippen LogP contribution in [0.1, 0.15) is 36.2 Å². The Morgan fingerprint density at radius 3 is 2.68 bits per heavy atom. The van der Waals surface area contributed by atoms with Crippen LogP contribution in [0.2, 0.25) is 0 Å². The Labute approximate surface area is 187 Å². The third kappa shape index (κ3) is 3.39. The van der Waals surface area contributed by atoms with Gasteiger partial charge in [0.2, 0.25) is 5.91 Å². The van der Waals surface area contributed by atoms with Crippen LogP contribution in [0, 0.1) is 13.8 Å². The Morgan fingerprint density at radius 2 is 2.03 bits per heavy atom. The molecule has 0 atom stereocenters. The van der Waals surface area contributed by atoms with Crippen LogP contribution >= 0.6 is 11.8 Å². The highest BCUT2D eigenvalue weighted by Crippen LogP contribution is 2.51. The number of thioether (sulfide) groups is 1. The van der Waals surface area contributed by atoms with Gasteiger partial charge in [-0.25, -0.2) is 9.50 Å². The lowest BCUT2D eigenvalue weighted by Crippen LogP contribution is -2.61. The first-order chi connectivity index (χ1) is 14.9. The van der Waals surface area contributed by atoms with E-state index in [0.29, 0.717) is 6.42 Å². The Morgan fingerprint density at radius 1 is 1.29 bits per heavy atom. The van der Waals surface area contributed by atoms with Crippen LogP contribution in [0.5, 0.6) is 5.75 Å². The van der Waals surface area contributed by atoms with Gasteiger partial charge < -0.3 is 9.64 Å². The average molecular weight is 437 g/mol. The lowest BCUT2D eigenvalue weighted by atomic mass is 9.72. The van der Waals surface area contributed by atoms with Gasteiger partial charge in [-0.05, 0) is 69.2 Å². The van der Waals surface area contributed by atoms with E-state index < -0.39 is 0 Å². The van der Waals surface area contributed by atoms with Crippen molar-refractivity contribution in [2.45, 2.75) is 50.3 Å². The molecule has 1 amide bonds. The summed E-state index contributed by atoms with van der Waals surface area (Å²) in [5.74, 6) is 2.09. The van der Waals surface area contributed by atoms with Crippen molar-refractivity contribution in [1.29, 1.82) is 0 Å². The summed E-state index contributed by atoms with van der Waals surface area (Å²) in [4.78, 5) is 20.3. The lowest BCUT2D eigenvalue weighted by molar-refractivity contribution is -0.138. The maximum Gasteiger partial charge on any atom is 0.227 e. The SMILES string of the molecule is COc1ccc(-c2nn3c(C)cc(C)nc3c2CC(=O)N(C)C23CCSC(C2)C3)cc1. The minimum Gasteiger partial charge on any atom is -0.497 e. The molecule has 1 saturated carbocycles. The number of carbonyl (C=O) groups excluding carboxylic acids is 1. The molecule has 2 aromatic heterocycles. The van der Waals surface area contributed by atoms with Crippen LogP contribution in [0.15, 0.2) is 30.3 Å². The van der Waals surface area contributed by atoms with Crippen molar-refractivity contribution in [3.8, 4) is 17.0 Å². The van der Waals surface area contributed by atoms with E-state index in [0.717, 1.165) is 69.9 Å². The first-order valence-electron chi connectivity index (χ1n) is 10.8. The lowest BCUT2D eigenvalue weighted by Gasteiger charge is -2.56. The van der Waals surface area contributed by atoms with Crippen LogP contribution in [-0.4, -0.2) is 56.1 Å². The summed E-state index contributed by atoms with van der Waals surface area (Å²) in [7, 11) is 3.64. The van der Waals surface area contributed by atoms with Crippen molar-refractivity contribution in [3.63, 3.8) is 0 Å². The van der Waals surface area contributed by atoms with Gasteiger partial charge in [0.15, 0.2) is 5.65 Å². The summed E-state index contributed by atoms with van der Waals surface area (Å²) in [6.07, 6.45) is 3.64. The fourth-order valence-electron chi connectivity index (χ4n) is 5.01. The fourth-order valence-corrected chi connectivity index (χ4v) is 6.70. The smallest absolute Gasteiger partial charge is 0.227 e. The molecular weight excluding hydrogens is 408 g/mol. The highest BCUT2D eigenvalue weighted by molar-refractivity contribution is 8.00. The highest BCUT2D eigenvalue weighted by Gasteiger charge is 2.51. The number of likely N-dealkylation sites (N-methyl/N-ethyl adjacent to an activating group) is 1. The van der Waals surface area contributed by atoms with Gasteiger partial charge in [-0.15, -0.1) is 0 Å². The zero-order valence-electron chi connectivity index (χ0n) is 18.5. The van der Waals surface area contributed by atoms with E-state index in [4.69, 9.17) is 14.8 Å². The van der Waals surface area contributed by atoms with Gasteiger partial charge in [-0.3, -0.25) is 4.79 Å². The van der Waals surface area contributed by atoms with E-state index in [-0.39, 0.29) is 11.4 Å². The fraction of sp³-hybridized carbons (Fsp3) is 0.458. The average Bonchev–Trinajstić information content (AvgIpc) is 3.11. The van der Waals surface area contributed by atoms with Crippen molar-refractivity contribution in [3.05, 3.63) is 47.3 Å². The Hall–Kier alpha value is -2.54. The molecule has 31 heavy (non-hydrogen) atoms. The van der Waals surface area contributed by atoms with E-state index in [1.165, 1.54) is 0 Å². The predicted octanol–water partition coefficient (Wildman–Crippen LogP) is 4.06. The molecule has 0 spiro atoms. The minimum absolute atomic E-state index is 0.0511. The largest absolute Gasteiger partial charge is 0.497 e. The molecular formula is C24H28N4O2S. The second-order valence-electron chi connectivity index (χ2n) is 8.83. The van der Waals surface area contributed by atoms with Crippen LogP contribution in [-0.2, 0) is 11.2 Å². The number of rotatable bonds is 5. The molecule has 3 aromatic rings. The molecule has 0 unspecified atom stereocenters. The number of ether oxygens (including phenoxy) is 1. The topological polar surface area (TPSA) is 59.7 Å². The molecule has 6 rings (SSSR count). The number of fused-ring (bicyclic) bond motifs is 3. The van der Waals surface area contributed by atoms with E-state index in [2.05, 4.69) is 11.8 Å². The Balaban J connectivity index is 1.55. The van der Waals surface area contributed by atoms with Gasteiger partial charge in [-0.1, -0.05) is 0 Å². The molecule has 2 saturated heterocycles. The summed E-state index contributed by atoms with van der Waals surface area (Å²) in [6, 6.07) is 9.86. The summed E-state index contributed by atoms with van der Waals surface area (Å²) in [5, 5.41) is 5.60. The number of amides is 1. The molecule has 0 radical (unpaired) electrons. The zero-order valence-corrected chi connectivity index (χ0v) is 19.3. The number of carbonyl (C=O) groups is 1. The Bertz CT molecular complexity index is 1140. The van der Waals surface area contributed by atoms with Crippen molar-refractivity contribution in [1.82, 2.24) is 19.5 Å². The van der Waals surface area contributed by atoms with Crippen molar-refractivity contribution >= 4 is 23.3 Å². The molecule has 1 aromatic carbocycles. The van der Waals surface area contributed by atoms with Crippen molar-refractivity contribution in [2.24, 2.45) is 0 Å². The molecule has 7 heteroatoms. The van der Waals surface area contributed by atoms with Crippen LogP contribution in [0.3, 0.4) is 0 Å². The minimum atomic E-state index is 0.0511. The molecule has 4 heterocycles. The van der Waals surface area contributed by atoms with E-state index in [1.54, 1.807) is 7.11 Å². The summed E-state index contributed by atoms with van der Waals surface area (Å²) < 4.78 is 7.17. The maximum atomic E-state index is 13.5. The number of aromatic nitrogens is 3. The number of hydrogen-bond donors (Lipinski definition) is 0. The van der Waals surface area contributed by atoms with Gasteiger partial charge in [-0.2, -0.15) is 16.9 Å². The third-order valence-electron chi connectivity index (χ3n) is 6.90. The van der Waals surface area contributed by atoms with Crippen LogP contribution in [0.4, 0.5) is 0 Å². The van der Waals surface area contributed by atoms with Gasteiger partial charge in [0.05, 0.1) is 19.2 Å². The van der Waals surface area contributed by atoms with Gasteiger partial charge in [0, 0.05) is 40.4 Å². The van der Waals surface area contributed by atoms with Crippen molar-refractivity contribution in [2.75, 3.05) is 19.9 Å². The predicted molar refractivity (Wildman–Crippen MR) is 124 cm³/mol. The molecule has 3 fully saturated rings. The first-order valence-corrected chi connectivity index (χ1v) is 11.8. The molecule has 0 N–H and O–H groups in total. The van der Waals surface area contributed by atoms with Crippen LogP contribution in [0.25, 0.3) is 16.9 Å². The second-order valence-corrected chi connectivity index (χ2v) is 10.2. The van der Waals surface area contributed by atoms with Crippen LogP contribution < -0.4 is 4.74 Å². The number of aryl methyl sites for hydroxylation is 2. The number of nitrogens with zero attached hydrogens (tertiary/aromatic N) is 4. The molecule has 2 bridgehead atoms. The number of benzene rings is 1. The zero-order chi connectivity index (χ0) is 21.8. The molecule has 162 valence electrons. The molecule has 3 aliphatic rings. The van der Waals surface area contributed by atoms with E-state index in [9.17, 15) is 4.79 Å². The molecule has 6 nitrogen and oxygen atoms in total. The summed E-state index contributed by atoms with van der Waals surface area (Å²) >= 11 is 2.05. The third-order valence-corrected chi connectivity index (χ3v) is 8.15. The van der Waals surface area contributed by atoms with E-state index in [1.807, 2.05) is 60.6 Å². The summed E-state index contributed by atoms with van der Waals surface area (Å²) in [6.45, 7) is 4.01. The van der Waals surface area contributed by atoms with Crippen molar-refractivity contribution < 1.29 is 9.53 Å². The number of hydrogen-bond acceptors (Lipinski definition) is 5. The number of methoxy groups -OCH3 is 1. The van der Waals surface area contributed by atoms with Gasteiger partial charge in [0.25, 0.3) is 0 Å².